The van der Waals surface area contributed by atoms with Crippen molar-refractivity contribution in [1.82, 2.24) is 9.55 Å². The van der Waals surface area contributed by atoms with Crippen LogP contribution in [0, 0.1) is 36.6 Å². The Kier molecular flexibility index (Phi) is 10.1. The molecule has 6 heteroatoms. The third-order valence-corrected chi connectivity index (χ3v) is 10.6. The molecule has 0 radical (unpaired) electrons. The van der Waals surface area contributed by atoms with Crippen LogP contribution in [0.2, 0.25) is 0 Å². The topological polar surface area (TPSA) is 58.6 Å². The number of rotatable bonds is 6. The first-order valence-electron chi connectivity index (χ1n) is 22.5. The molecule has 8 rings (SSSR count). The van der Waals surface area contributed by atoms with Crippen LogP contribution in [0.3, 0.4) is 0 Å². The van der Waals surface area contributed by atoms with Crippen LogP contribution in [0.1, 0.15) is 122 Å². The zero-order valence-electron chi connectivity index (χ0n) is 40.5. The summed E-state index contributed by atoms with van der Waals surface area (Å²) in [7, 11) is 0. The van der Waals surface area contributed by atoms with Crippen LogP contribution in [0.4, 0.5) is 0 Å². The van der Waals surface area contributed by atoms with Crippen molar-refractivity contribution in [3.8, 4) is 34.1 Å². The standard InChI is InChI=1S/C38H41N2O.C14H11N2.Ir/c1-21(2)27-14-15-28(37-35(27)29-13-11-12-25(19-39)36(29)41-37)33-18-32(24(7)20-40-33)34-30(22(3)4)16-26(38(8,9)10)17-31(34)23(5)6;1-15-11-16(12-7-3-2-4-8-12)14-10-6-5-9-13(14)15;/h11-14,16-18,20-23H,1-10H3;2-7,9-10H,1H3;/q2*-1;+3/i7D3;1D3;. The number of para-hydroxylation sites is 4. The SMILES string of the molecule is [2H]C([2H])([2H])[n+]1[c-]n(-c2[c-]cccc2)c2ccccc21.[2H]C([2H])([2H])c1cnc(-c2[c-]cc(C(C)C)c3c2oc2c(C#N)cccc23)cc1-c1c(C(C)C)cc(C(C)(C)C)cc1C(C)C.[Ir+3]. The number of fused-ring (bicyclic) bond motifs is 4. The molecule has 0 spiro atoms. The van der Waals surface area contributed by atoms with E-state index >= 15 is 0 Å². The van der Waals surface area contributed by atoms with Gasteiger partial charge in [-0.25, -0.2) is 0 Å². The summed E-state index contributed by atoms with van der Waals surface area (Å²) in [6.07, 6.45) is 4.39. The number of benzene rings is 5. The Morgan fingerprint density at radius 3 is 2.17 bits per heavy atom. The summed E-state index contributed by atoms with van der Waals surface area (Å²) in [4.78, 5) is 4.73. The third kappa shape index (κ3) is 7.91. The molecule has 3 aromatic heterocycles. The average Bonchev–Trinajstić information content (AvgIpc) is 3.83. The molecule has 294 valence electrons. The van der Waals surface area contributed by atoms with Crippen LogP contribution < -0.4 is 4.57 Å². The molecule has 5 nitrogen and oxygen atoms in total. The summed E-state index contributed by atoms with van der Waals surface area (Å²) in [6.45, 7) is 14.9. The van der Waals surface area contributed by atoms with E-state index in [9.17, 15) is 5.26 Å². The van der Waals surface area contributed by atoms with Crippen LogP contribution in [-0.4, -0.2) is 9.55 Å². The molecule has 0 aliphatic carbocycles. The fourth-order valence-corrected chi connectivity index (χ4v) is 7.50. The van der Waals surface area contributed by atoms with Gasteiger partial charge in [-0.1, -0.05) is 139 Å². The fraction of sp³-hybridized carbons (Fsp3) is 0.288. The van der Waals surface area contributed by atoms with E-state index < -0.39 is 13.8 Å². The van der Waals surface area contributed by atoms with Crippen molar-refractivity contribution in [2.45, 2.75) is 92.3 Å². The Labute approximate surface area is 366 Å². The second kappa shape index (κ2) is 16.9. The molecule has 8 aromatic rings. The van der Waals surface area contributed by atoms with Gasteiger partial charge in [0.2, 0.25) is 6.33 Å². The van der Waals surface area contributed by atoms with Crippen molar-refractivity contribution in [2.75, 3.05) is 0 Å². The normalized spacial score (nSPS) is 13.6. The van der Waals surface area contributed by atoms with Gasteiger partial charge in [0.25, 0.3) is 0 Å². The Morgan fingerprint density at radius 1 is 0.845 bits per heavy atom. The van der Waals surface area contributed by atoms with Crippen LogP contribution in [0.5, 0.6) is 0 Å². The smallest absolute Gasteiger partial charge is 0.499 e. The Morgan fingerprint density at radius 2 is 1.55 bits per heavy atom. The number of aryl methyl sites for hydroxylation is 2. The van der Waals surface area contributed by atoms with Gasteiger partial charge in [-0.3, -0.25) is 0 Å². The Hall–Kier alpha value is -5.34. The Balaban J connectivity index is 0.000000283. The zero-order chi connectivity index (χ0) is 45.8. The minimum atomic E-state index is -2.37. The van der Waals surface area contributed by atoms with E-state index in [2.05, 4.69) is 99.0 Å². The number of hydrogen-bond donors (Lipinski definition) is 0. The second-order valence-corrected chi connectivity index (χ2v) is 16.6. The number of pyridine rings is 1. The zero-order valence-corrected chi connectivity index (χ0v) is 36.9. The van der Waals surface area contributed by atoms with Gasteiger partial charge in [0, 0.05) is 15.7 Å². The van der Waals surface area contributed by atoms with E-state index in [-0.39, 0.29) is 48.8 Å². The molecule has 0 fully saturated rings. The quantitative estimate of drug-likeness (QED) is 0.123. The van der Waals surface area contributed by atoms with E-state index in [1.807, 2.05) is 60.7 Å². The van der Waals surface area contributed by atoms with E-state index in [0.29, 0.717) is 39.1 Å². The first kappa shape index (κ1) is 34.7. The molecular formula is C52H52IrN4O+. The molecule has 0 saturated carbocycles. The van der Waals surface area contributed by atoms with Crippen molar-refractivity contribution in [3.05, 3.63) is 149 Å². The van der Waals surface area contributed by atoms with Gasteiger partial charge in [-0.2, -0.15) is 35.6 Å². The van der Waals surface area contributed by atoms with Gasteiger partial charge >= 0.3 is 20.1 Å². The number of nitrogens with zero attached hydrogens (tertiary/aromatic N) is 4. The number of nitriles is 1. The minimum absolute atomic E-state index is 0. The van der Waals surface area contributed by atoms with Gasteiger partial charge in [0.05, 0.1) is 33.3 Å². The molecule has 0 aliphatic heterocycles. The molecule has 0 saturated heterocycles. The van der Waals surface area contributed by atoms with Crippen molar-refractivity contribution < 1.29 is 37.3 Å². The van der Waals surface area contributed by atoms with Gasteiger partial charge in [0.15, 0.2) is 0 Å². The minimum Gasteiger partial charge on any atom is -0.499 e. The summed E-state index contributed by atoms with van der Waals surface area (Å²) in [5.74, 6) is 0.516. The van der Waals surface area contributed by atoms with Crippen LogP contribution in [0.15, 0.2) is 102 Å². The summed E-state index contributed by atoms with van der Waals surface area (Å²) < 4.78 is 57.6. The molecule has 0 amide bonds. The summed E-state index contributed by atoms with van der Waals surface area (Å²) in [5, 5.41) is 11.6. The molecule has 5 aromatic carbocycles. The van der Waals surface area contributed by atoms with Gasteiger partial charge < -0.3 is 18.5 Å². The molecular weight excluding hydrogens is 889 g/mol. The first-order chi connectivity index (χ1) is 29.6. The van der Waals surface area contributed by atoms with Crippen LogP contribution in [0.25, 0.3) is 61.0 Å². The van der Waals surface area contributed by atoms with E-state index in [1.165, 1.54) is 16.3 Å². The maximum Gasteiger partial charge on any atom is 3.00 e. The molecule has 0 bridgehead atoms. The van der Waals surface area contributed by atoms with Crippen LogP contribution in [-0.2, 0) is 32.5 Å². The van der Waals surface area contributed by atoms with Gasteiger partial charge in [-0.15, -0.1) is 17.7 Å². The number of aromatic nitrogens is 3. The van der Waals surface area contributed by atoms with E-state index in [1.54, 1.807) is 22.8 Å². The third-order valence-electron chi connectivity index (χ3n) is 10.6. The second-order valence-electron chi connectivity index (χ2n) is 16.6. The number of hydrogen-bond acceptors (Lipinski definition) is 3. The molecule has 3 heterocycles. The van der Waals surface area contributed by atoms with Crippen molar-refractivity contribution in [2.24, 2.45) is 6.98 Å². The first-order valence-corrected chi connectivity index (χ1v) is 19.5. The van der Waals surface area contributed by atoms with Crippen molar-refractivity contribution in [1.29, 1.82) is 5.26 Å². The summed E-state index contributed by atoms with van der Waals surface area (Å²) >= 11 is 0. The number of imidazole rings is 1. The monoisotopic (exact) mass is 947 g/mol. The maximum atomic E-state index is 9.82. The predicted octanol–water partition coefficient (Wildman–Crippen LogP) is 13.0. The largest absolute Gasteiger partial charge is 3.00 e. The molecule has 0 unspecified atom stereocenters. The predicted molar refractivity (Wildman–Crippen MR) is 234 cm³/mol. The molecule has 0 atom stereocenters. The van der Waals surface area contributed by atoms with E-state index in [4.69, 9.17) is 17.6 Å². The van der Waals surface area contributed by atoms with Gasteiger partial charge in [0.1, 0.15) is 11.7 Å². The average molecular weight is 947 g/mol. The van der Waals surface area contributed by atoms with Crippen molar-refractivity contribution >= 4 is 33.0 Å². The summed E-state index contributed by atoms with van der Waals surface area (Å²) in [5.41, 5.74) is 11.3. The molecule has 0 aliphatic rings. The molecule has 58 heavy (non-hydrogen) atoms. The fourth-order valence-electron chi connectivity index (χ4n) is 7.50. The molecule has 0 N–H and O–H groups in total. The van der Waals surface area contributed by atoms with Crippen LogP contribution >= 0.6 is 0 Å². The Bertz CT molecular complexity index is 2990. The maximum absolute atomic E-state index is 9.82. The van der Waals surface area contributed by atoms with Crippen molar-refractivity contribution in [3.63, 3.8) is 0 Å². The summed E-state index contributed by atoms with van der Waals surface area (Å²) in [6, 6.07) is 37.5. The number of furan rings is 1. The van der Waals surface area contributed by atoms with Gasteiger partial charge in [-0.05, 0) is 69.2 Å². The van der Waals surface area contributed by atoms with E-state index in [0.717, 1.165) is 44.2 Å².